The topological polar surface area (TPSA) is 34.1 Å². The van der Waals surface area contributed by atoms with E-state index in [4.69, 9.17) is 23.2 Å². The highest BCUT2D eigenvalue weighted by molar-refractivity contribution is 9.11. The van der Waals surface area contributed by atoms with E-state index in [9.17, 15) is 8.42 Å². The molecule has 0 bridgehead atoms. The molecule has 0 aromatic carbocycles. The Labute approximate surface area is 117 Å². The SMILES string of the molecule is O=S1(=O)CCC(C(Cl)c2cc(Cl)c(Br)s2)C1. The smallest absolute Gasteiger partial charge is 0.150 e. The molecule has 2 atom stereocenters. The first-order chi connectivity index (χ1) is 7.39. The molecule has 90 valence electrons. The zero-order valence-corrected chi connectivity index (χ0v) is 12.9. The van der Waals surface area contributed by atoms with Gasteiger partial charge in [0.2, 0.25) is 0 Å². The van der Waals surface area contributed by atoms with Gasteiger partial charge in [-0.1, -0.05) is 11.6 Å². The molecule has 2 unspecified atom stereocenters. The van der Waals surface area contributed by atoms with Crippen molar-refractivity contribution in [1.82, 2.24) is 0 Å². The molecule has 16 heavy (non-hydrogen) atoms. The van der Waals surface area contributed by atoms with Gasteiger partial charge in [0.05, 0.1) is 25.7 Å². The summed E-state index contributed by atoms with van der Waals surface area (Å²) in [5.41, 5.74) is 0. The van der Waals surface area contributed by atoms with E-state index in [0.717, 1.165) is 8.66 Å². The highest BCUT2D eigenvalue weighted by atomic mass is 79.9. The van der Waals surface area contributed by atoms with Gasteiger partial charge in [-0.05, 0) is 34.3 Å². The molecule has 2 heterocycles. The van der Waals surface area contributed by atoms with Crippen LogP contribution in [0.25, 0.3) is 0 Å². The predicted octanol–water partition coefficient (Wildman–Crippen LogP) is 3.88. The Bertz CT molecular complexity index is 478. The van der Waals surface area contributed by atoms with E-state index in [1.807, 2.05) is 0 Å². The summed E-state index contributed by atoms with van der Waals surface area (Å²) < 4.78 is 23.6. The highest BCUT2D eigenvalue weighted by Gasteiger charge is 2.34. The van der Waals surface area contributed by atoms with Crippen molar-refractivity contribution in [2.24, 2.45) is 5.92 Å². The lowest BCUT2D eigenvalue weighted by Crippen LogP contribution is -2.09. The van der Waals surface area contributed by atoms with Gasteiger partial charge in [-0.25, -0.2) is 8.42 Å². The van der Waals surface area contributed by atoms with Crippen molar-refractivity contribution < 1.29 is 8.42 Å². The van der Waals surface area contributed by atoms with Crippen LogP contribution in [0.5, 0.6) is 0 Å². The second-order valence-electron chi connectivity index (χ2n) is 3.84. The van der Waals surface area contributed by atoms with Crippen LogP contribution in [-0.4, -0.2) is 19.9 Å². The molecule has 0 N–H and O–H groups in total. The van der Waals surface area contributed by atoms with Crippen LogP contribution < -0.4 is 0 Å². The van der Waals surface area contributed by atoms with Gasteiger partial charge in [0.25, 0.3) is 0 Å². The number of sulfone groups is 1. The monoisotopic (exact) mass is 362 g/mol. The van der Waals surface area contributed by atoms with Crippen LogP contribution in [0.15, 0.2) is 9.85 Å². The number of halogens is 3. The van der Waals surface area contributed by atoms with Crippen LogP contribution in [-0.2, 0) is 9.84 Å². The molecule has 7 heteroatoms. The zero-order valence-electron chi connectivity index (χ0n) is 8.12. The third kappa shape index (κ3) is 2.75. The van der Waals surface area contributed by atoms with E-state index in [0.29, 0.717) is 11.4 Å². The van der Waals surface area contributed by atoms with Crippen molar-refractivity contribution in [3.05, 3.63) is 19.8 Å². The molecule has 1 fully saturated rings. The third-order valence-corrected chi connectivity index (χ3v) is 7.69. The van der Waals surface area contributed by atoms with Crippen LogP contribution in [0.3, 0.4) is 0 Å². The largest absolute Gasteiger partial charge is 0.229 e. The van der Waals surface area contributed by atoms with E-state index in [-0.39, 0.29) is 22.8 Å². The van der Waals surface area contributed by atoms with Crippen molar-refractivity contribution in [3.8, 4) is 0 Å². The Balaban J connectivity index is 2.17. The summed E-state index contributed by atoms with van der Waals surface area (Å²) in [5, 5.41) is 0.373. The maximum atomic E-state index is 11.4. The average molecular weight is 364 g/mol. The van der Waals surface area contributed by atoms with Crippen LogP contribution in [0, 0.1) is 5.92 Å². The molecule has 1 aromatic rings. The fourth-order valence-electron chi connectivity index (χ4n) is 1.79. The van der Waals surface area contributed by atoms with Gasteiger partial charge in [-0.2, -0.15) is 0 Å². The molecule has 2 nitrogen and oxygen atoms in total. The number of alkyl halides is 1. The first kappa shape index (κ1) is 13.1. The van der Waals surface area contributed by atoms with Gasteiger partial charge >= 0.3 is 0 Å². The molecular formula is C9H9BrCl2O2S2. The van der Waals surface area contributed by atoms with Gasteiger partial charge in [-0.3, -0.25) is 0 Å². The van der Waals surface area contributed by atoms with Crippen molar-refractivity contribution in [2.45, 2.75) is 11.8 Å². The van der Waals surface area contributed by atoms with Gasteiger partial charge in [-0.15, -0.1) is 22.9 Å². The summed E-state index contributed by atoms with van der Waals surface area (Å²) in [6, 6.07) is 1.80. The number of hydrogen-bond donors (Lipinski definition) is 0. The van der Waals surface area contributed by atoms with E-state index < -0.39 is 9.84 Å². The van der Waals surface area contributed by atoms with E-state index in [1.165, 1.54) is 11.3 Å². The highest BCUT2D eigenvalue weighted by Crippen LogP contribution is 2.43. The van der Waals surface area contributed by atoms with Crippen LogP contribution in [0.2, 0.25) is 5.02 Å². The van der Waals surface area contributed by atoms with Crippen LogP contribution in [0.1, 0.15) is 16.7 Å². The predicted molar refractivity (Wildman–Crippen MR) is 72.4 cm³/mol. The zero-order chi connectivity index (χ0) is 11.9. The van der Waals surface area contributed by atoms with Crippen molar-refractivity contribution in [2.75, 3.05) is 11.5 Å². The molecule has 0 spiro atoms. The first-order valence-electron chi connectivity index (χ1n) is 4.68. The summed E-state index contributed by atoms with van der Waals surface area (Å²) in [4.78, 5) is 0.931. The summed E-state index contributed by atoms with van der Waals surface area (Å²) >= 11 is 17.0. The minimum atomic E-state index is -2.88. The second kappa shape index (κ2) is 4.76. The standard InChI is InChI=1S/C9H9BrCl2O2S2/c10-9-6(11)3-7(15-9)8(12)5-1-2-16(13,14)4-5/h3,5,8H,1-2,4H2. The lowest BCUT2D eigenvalue weighted by Gasteiger charge is -2.13. The van der Waals surface area contributed by atoms with Gasteiger partial charge in [0.15, 0.2) is 9.84 Å². The number of rotatable bonds is 2. The van der Waals surface area contributed by atoms with E-state index in [2.05, 4.69) is 15.9 Å². The number of thiophene rings is 1. The minimum Gasteiger partial charge on any atom is -0.229 e. The van der Waals surface area contributed by atoms with Gasteiger partial charge in [0.1, 0.15) is 0 Å². The lowest BCUT2D eigenvalue weighted by atomic mass is 10.0. The summed E-state index contributed by atoms with van der Waals surface area (Å²) in [7, 11) is -2.88. The molecule has 1 aromatic heterocycles. The molecule has 1 saturated heterocycles. The molecule has 1 aliphatic heterocycles. The summed E-state index contributed by atoms with van der Waals surface area (Å²) in [5.74, 6) is 0.448. The Kier molecular flexibility index (Phi) is 3.92. The second-order valence-corrected chi connectivity index (χ2v) is 9.34. The Hall–Kier alpha value is 0.710. The van der Waals surface area contributed by atoms with Crippen LogP contribution >= 0.6 is 50.5 Å². The molecule has 0 amide bonds. The van der Waals surface area contributed by atoms with E-state index in [1.54, 1.807) is 6.07 Å². The number of hydrogen-bond acceptors (Lipinski definition) is 3. The summed E-state index contributed by atoms with van der Waals surface area (Å²) in [6.07, 6.45) is 0.642. The minimum absolute atomic E-state index is 0.00767. The van der Waals surface area contributed by atoms with Gasteiger partial charge < -0.3 is 0 Å². The molecule has 0 radical (unpaired) electrons. The van der Waals surface area contributed by atoms with E-state index >= 15 is 0 Å². The quantitative estimate of drug-likeness (QED) is 0.747. The Morgan fingerprint density at radius 1 is 1.56 bits per heavy atom. The van der Waals surface area contributed by atoms with Crippen molar-refractivity contribution in [1.29, 1.82) is 0 Å². The molecule has 0 saturated carbocycles. The Morgan fingerprint density at radius 2 is 2.25 bits per heavy atom. The fraction of sp³-hybridized carbons (Fsp3) is 0.556. The van der Waals surface area contributed by atoms with Crippen LogP contribution in [0.4, 0.5) is 0 Å². The van der Waals surface area contributed by atoms with Gasteiger partial charge in [0, 0.05) is 4.88 Å². The van der Waals surface area contributed by atoms with Crippen molar-refractivity contribution in [3.63, 3.8) is 0 Å². The average Bonchev–Trinajstić information content (AvgIpc) is 2.70. The first-order valence-corrected chi connectivity index (χ1v) is 8.93. The fourth-order valence-corrected chi connectivity index (χ4v) is 5.96. The van der Waals surface area contributed by atoms with Crippen molar-refractivity contribution >= 4 is 60.3 Å². The lowest BCUT2D eigenvalue weighted by molar-refractivity contribution is 0.573. The molecular weight excluding hydrogens is 355 g/mol. The summed E-state index contributed by atoms with van der Waals surface area (Å²) in [6.45, 7) is 0. The molecule has 1 aliphatic rings. The Morgan fingerprint density at radius 3 is 2.69 bits per heavy atom. The third-order valence-electron chi connectivity index (χ3n) is 2.62. The molecule has 0 aliphatic carbocycles. The maximum absolute atomic E-state index is 11.4. The maximum Gasteiger partial charge on any atom is 0.150 e. The molecule has 2 rings (SSSR count). The normalized spacial score (nSPS) is 25.8.